The molecule has 2 nitrogen and oxygen atoms in total. The van der Waals surface area contributed by atoms with E-state index in [0.29, 0.717) is 41.8 Å². The highest BCUT2D eigenvalue weighted by Crippen LogP contribution is 2.52. The van der Waals surface area contributed by atoms with Gasteiger partial charge in [0.1, 0.15) is 0 Å². The third kappa shape index (κ3) is 4.81. The fourth-order valence-electron chi connectivity index (χ4n) is 10.6. The lowest BCUT2D eigenvalue weighted by molar-refractivity contribution is 0.292. The average molecular weight is 619 g/mol. The van der Waals surface area contributed by atoms with Gasteiger partial charge in [0.05, 0.1) is 18.1 Å². The van der Waals surface area contributed by atoms with Gasteiger partial charge in [-0.25, -0.2) is 0 Å². The molecule has 0 spiro atoms. The quantitative estimate of drug-likeness (QED) is 0.303. The summed E-state index contributed by atoms with van der Waals surface area (Å²) in [6, 6.07) is 10.4. The van der Waals surface area contributed by atoms with E-state index in [1.165, 1.54) is 54.6 Å². The molecule has 8 unspecified atom stereocenters. The van der Waals surface area contributed by atoms with Crippen molar-refractivity contribution in [3.8, 4) is 0 Å². The largest absolute Gasteiger partial charge is 0.357 e. The maximum Gasteiger partial charge on any atom is 0.0625 e. The molecule has 2 heterocycles. The van der Waals surface area contributed by atoms with Gasteiger partial charge in [-0.15, -0.1) is 0 Å². The summed E-state index contributed by atoms with van der Waals surface area (Å²) in [5.41, 5.74) is 12.3. The maximum atomic E-state index is 2.81. The lowest BCUT2D eigenvalue weighted by Crippen LogP contribution is -2.45. The molecule has 6 aliphatic carbocycles. The van der Waals surface area contributed by atoms with Crippen molar-refractivity contribution in [2.45, 2.75) is 89.8 Å². The Morgan fingerprint density at radius 1 is 0.809 bits per heavy atom. The first kappa shape index (κ1) is 29.4. The minimum atomic E-state index is 0.394. The van der Waals surface area contributed by atoms with E-state index in [-0.39, 0.29) is 0 Å². The second kappa shape index (κ2) is 12.0. The van der Waals surface area contributed by atoms with Gasteiger partial charge in [-0.1, -0.05) is 117 Å². The molecule has 8 aliphatic rings. The Hall–Kier alpha value is -3.78. The van der Waals surface area contributed by atoms with Crippen LogP contribution in [0.5, 0.6) is 0 Å². The molecule has 2 heteroatoms. The summed E-state index contributed by atoms with van der Waals surface area (Å²) in [6.07, 6.45) is 45.3. The molecule has 0 bridgehead atoms. The molecule has 2 aliphatic heterocycles. The first-order valence-electron chi connectivity index (χ1n) is 18.8. The van der Waals surface area contributed by atoms with Crippen molar-refractivity contribution in [1.29, 1.82) is 0 Å². The Morgan fingerprint density at radius 3 is 2.51 bits per heavy atom. The molecule has 0 aromatic heterocycles. The highest BCUT2D eigenvalue weighted by Gasteiger charge is 2.45. The van der Waals surface area contributed by atoms with Gasteiger partial charge < -0.3 is 9.80 Å². The Balaban J connectivity index is 1.06. The normalized spacial score (nSPS) is 35.2. The second-order valence-corrected chi connectivity index (χ2v) is 15.2. The monoisotopic (exact) mass is 618 g/mol. The number of hydrogen-bond donors (Lipinski definition) is 0. The lowest BCUT2D eigenvalue weighted by atomic mass is 9.69. The van der Waals surface area contributed by atoms with E-state index in [2.05, 4.69) is 133 Å². The minimum Gasteiger partial charge on any atom is -0.357 e. The Bertz CT molecular complexity index is 1750. The van der Waals surface area contributed by atoms with Gasteiger partial charge >= 0.3 is 0 Å². The SMILES string of the molecule is CCC1CCC(N2C3=C(CCC=C3)C3C=CC(C4CC=CCC4C4=CC=CCC4N4c5ccccc5C5=CC=CCC54)=CC32)=CC1C. The van der Waals surface area contributed by atoms with Crippen LogP contribution in [-0.2, 0) is 0 Å². The number of para-hydroxylation sites is 1. The van der Waals surface area contributed by atoms with Crippen molar-refractivity contribution >= 4 is 11.3 Å². The van der Waals surface area contributed by atoms with Crippen LogP contribution in [-0.4, -0.2) is 23.0 Å². The summed E-state index contributed by atoms with van der Waals surface area (Å²) >= 11 is 0. The number of nitrogens with zero attached hydrogens (tertiary/aromatic N) is 2. The second-order valence-electron chi connectivity index (χ2n) is 15.2. The van der Waals surface area contributed by atoms with Gasteiger partial charge in [-0.2, -0.15) is 0 Å². The molecule has 0 amide bonds. The van der Waals surface area contributed by atoms with E-state index in [9.17, 15) is 0 Å². The number of rotatable bonds is 5. The van der Waals surface area contributed by atoms with E-state index in [1.54, 1.807) is 22.4 Å². The van der Waals surface area contributed by atoms with Gasteiger partial charge in [-0.05, 0) is 109 Å². The van der Waals surface area contributed by atoms with E-state index >= 15 is 0 Å². The molecule has 9 rings (SSSR count). The number of allylic oxidation sites excluding steroid dienone is 12. The smallest absolute Gasteiger partial charge is 0.0625 e. The van der Waals surface area contributed by atoms with Crippen molar-refractivity contribution in [1.82, 2.24) is 4.90 Å². The van der Waals surface area contributed by atoms with Crippen molar-refractivity contribution in [2.24, 2.45) is 29.6 Å². The zero-order valence-electron chi connectivity index (χ0n) is 28.3. The van der Waals surface area contributed by atoms with Gasteiger partial charge in [-0.3, -0.25) is 0 Å². The number of benzene rings is 1. The van der Waals surface area contributed by atoms with Gasteiger partial charge in [0.15, 0.2) is 0 Å². The van der Waals surface area contributed by atoms with Crippen LogP contribution in [0.25, 0.3) is 5.57 Å². The number of anilines is 1. The summed E-state index contributed by atoms with van der Waals surface area (Å²) < 4.78 is 0. The van der Waals surface area contributed by atoms with Crippen LogP contribution in [0.15, 0.2) is 137 Å². The zero-order chi connectivity index (χ0) is 31.5. The van der Waals surface area contributed by atoms with Crippen molar-refractivity contribution in [2.75, 3.05) is 4.90 Å². The molecule has 0 saturated carbocycles. The fraction of sp³-hybridized carbons (Fsp3) is 0.422. The molecule has 8 atom stereocenters. The Morgan fingerprint density at radius 2 is 1.64 bits per heavy atom. The van der Waals surface area contributed by atoms with Crippen LogP contribution < -0.4 is 4.90 Å². The molecule has 1 aromatic rings. The summed E-state index contributed by atoms with van der Waals surface area (Å²) in [4.78, 5) is 5.60. The first-order valence-corrected chi connectivity index (χ1v) is 18.8. The molecule has 240 valence electrons. The van der Waals surface area contributed by atoms with Crippen LogP contribution in [0.1, 0.15) is 77.2 Å². The molecule has 0 N–H and O–H groups in total. The average Bonchev–Trinajstić information content (AvgIpc) is 3.64. The molecular weight excluding hydrogens is 569 g/mol. The summed E-state index contributed by atoms with van der Waals surface area (Å²) in [7, 11) is 0. The third-order valence-electron chi connectivity index (χ3n) is 12.9. The first-order chi connectivity index (χ1) is 23.2. The van der Waals surface area contributed by atoms with Gasteiger partial charge in [0.25, 0.3) is 0 Å². The summed E-state index contributed by atoms with van der Waals surface area (Å²) in [5, 5.41) is 0. The van der Waals surface area contributed by atoms with E-state index in [4.69, 9.17) is 0 Å². The number of fused-ring (bicyclic) bond motifs is 5. The fourth-order valence-corrected chi connectivity index (χ4v) is 10.6. The van der Waals surface area contributed by atoms with Crippen molar-refractivity contribution in [3.05, 3.63) is 143 Å². The highest BCUT2D eigenvalue weighted by molar-refractivity contribution is 5.90. The molecule has 0 fully saturated rings. The van der Waals surface area contributed by atoms with Gasteiger partial charge in [0, 0.05) is 28.6 Å². The summed E-state index contributed by atoms with van der Waals surface area (Å²) in [5.74, 6) is 3.01. The van der Waals surface area contributed by atoms with Gasteiger partial charge in [0.2, 0.25) is 0 Å². The topological polar surface area (TPSA) is 6.48 Å². The molecule has 0 radical (unpaired) electrons. The Kier molecular flexibility index (Phi) is 7.52. The molecular formula is C45H50N2. The van der Waals surface area contributed by atoms with Crippen LogP contribution in [0, 0.1) is 29.6 Å². The van der Waals surface area contributed by atoms with E-state index in [0.717, 1.165) is 31.6 Å². The molecule has 1 aromatic carbocycles. The minimum absolute atomic E-state index is 0.394. The van der Waals surface area contributed by atoms with Crippen molar-refractivity contribution < 1.29 is 0 Å². The van der Waals surface area contributed by atoms with Crippen LogP contribution in [0.2, 0.25) is 0 Å². The third-order valence-corrected chi connectivity index (χ3v) is 12.9. The zero-order valence-corrected chi connectivity index (χ0v) is 28.3. The van der Waals surface area contributed by atoms with Crippen LogP contribution in [0.3, 0.4) is 0 Å². The predicted octanol–water partition coefficient (Wildman–Crippen LogP) is 10.8. The standard InChI is InChI=1S/C45H50N2/c1-3-31-24-26-33(28-30(31)2)46-41-20-10-7-19-39(41)40-27-25-32(29-45(40)46)34-14-4-5-15-35(34)36-16-6-11-21-42(36)47-43-22-12-8-17-37(43)38-18-9-13-23-44(38)47/h4-6,8-13,16-18,20,22,25,27-31,34-35,40,42,44-45H,3,7,14-15,19,21,23-24,26H2,1-2H3. The van der Waals surface area contributed by atoms with Crippen molar-refractivity contribution in [3.63, 3.8) is 0 Å². The van der Waals surface area contributed by atoms with Crippen LogP contribution in [0.4, 0.5) is 5.69 Å². The maximum absolute atomic E-state index is 2.81. The van der Waals surface area contributed by atoms with E-state index in [1.807, 2.05) is 0 Å². The van der Waals surface area contributed by atoms with Crippen LogP contribution >= 0.6 is 0 Å². The molecule has 0 saturated heterocycles. The lowest BCUT2D eigenvalue weighted by Gasteiger charge is -2.43. The number of hydrogen-bond acceptors (Lipinski definition) is 2. The highest BCUT2D eigenvalue weighted by atomic mass is 15.2. The van der Waals surface area contributed by atoms with E-state index < -0.39 is 0 Å². The predicted molar refractivity (Wildman–Crippen MR) is 197 cm³/mol. The molecule has 47 heavy (non-hydrogen) atoms. The Labute approximate surface area is 282 Å². The summed E-state index contributed by atoms with van der Waals surface area (Å²) in [6.45, 7) is 4.83.